The third-order valence-corrected chi connectivity index (χ3v) is 3.22. The minimum absolute atomic E-state index is 0.147. The van der Waals surface area contributed by atoms with Gasteiger partial charge >= 0.3 is 0 Å². The van der Waals surface area contributed by atoms with E-state index in [1.807, 2.05) is 36.4 Å². The molecule has 0 fully saturated rings. The maximum atomic E-state index is 12.4. The Bertz CT molecular complexity index is 862. The first-order valence-electron chi connectivity index (χ1n) is 5.98. The molecule has 1 aromatic carbocycles. The van der Waals surface area contributed by atoms with Crippen LogP contribution < -0.4 is 5.56 Å². The van der Waals surface area contributed by atoms with E-state index in [0.29, 0.717) is 5.56 Å². The molecule has 100 valence electrons. The number of nitrogens with one attached hydrogen (secondary N) is 1. The second kappa shape index (κ2) is 4.90. The lowest BCUT2D eigenvalue weighted by molar-refractivity contribution is 0.550. The molecule has 5 nitrogen and oxygen atoms in total. The third-order valence-electron chi connectivity index (χ3n) is 3.04. The molecule has 6 heteroatoms. The minimum atomic E-state index is -0.184. The van der Waals surface area contributed by atoms with E-state index in [-0.39, 0.29) is 16.3 Å². The van der Waals surface area contributed by atoms with Gasteiger partial charge in [-0.25, -0.2) is 5.10 Å². The van der Waals surface area contributed by atoms with Crippen molar-refractivity contribution in [1.29, 1.82) is 0 Å². The summed E-state index contributed by atoms with van der Waals surface area (Å²) in [4.78, 5) is 12.5. The number of nitrogens with zero attached hydrogens (tertiary/aromatic N) is 2. The van der Waals surface area contributed by atoms with Gasteiger partial charge in [-0.2, -0.15) is 0 Å². The number of hydrogen-bond donors (Lipinski definition) is 1. The van der Waals surface area contributed by atoms with Crippen LogP contribution in [0.3, 0.4) is 0 Å². The highest BCUT2D eigenvalue weighted by molar-refractivity contribution is 7.71. The molecule has 0 saturated carbocycles. The molecule has 0 bridgehead atoms. The van der Waals surface area contributed by atoms with Crippen molar-refractivity contribution >= 4 is 12.2 Å². The summed E-state index contributed by atoms with van der Waals surface area (Å²) >= 11 is 4.82. The van der Waals surface area contributed by atoms with Gasteiger partial charge in [-0.1, -0.05) is 30.3 Å². The molecule has 0 aliphatic heterocycles. The number of aromatic amines is 1. The fraction of sp³-hybridized carbons (Fsp3) is 0.0714. The van der Waals surface area contributed by atoms with Crippen molar-refractivity contribution < 1.29 is 4.42 Å². The highest BCUT2D eigenvalue weighted by Gasteiger charge is 2.12. The molecule has 1 N–H and O–H groups in total. The lowest BCUT2D eigenvalue weighted by atomic mass is 10.1. The SMILES string of the molecule is Cn1c(-c2ccccc2)ccc(-c2n[nH]c(=S)o2)c1=O. The van der Waals surface area contributed by atoms with E-state index in [9.17, 15) is 4.79 Å². The largest absolute Gasteiger partial charge is 0.409 e. The third kappa shape index (κ3) is 2.10. The summed E-state index contributed by atoms with van der Waals surface area (Å²) in [6, 6.07) is 13.3. The quantitative estimate of drug-likeness (QED) is 0.735. The van der Waals surface area contributed by atoms with Crippen LogP contribution in [0.15, 0.2) is 51.7 Å². The first-order valence-corrected chi connectivity index (χ1v) is 6.39. The molecule has 3 rings (SSSR count). The van der Waals surface area contributed by atoms with Crippen LogP contribution in [0.4, 0.5) is 0 Å². The van der Waals surface area contributed by atoms with Gasteiger partial charge in [0.15, 0.2) is 0 Å². The van der Waals surface area contributed by atoms with Crippen molar-refractivity contribution in [2.24, 2.45) is 7.05 Å². The van der Waals surface area contributed by atoms with Gasteiger partial charge in [0.2, 0.25) is 0 Å². The lowest BCUT2D eigenvalue weighted by Crippen LogP contribution is -2.20. The summed E-state index contributed by atoms with van der Waals surface area (Å²) in [5, 5.41) is 6.39. The van der Waals surface area contributed by atoms with Crippen LogP contribution in [0.1, 0.15) is 0 Å². The van der Waals surface area contributed by atoms with Crippen LogP contribution in [-0.4, -0.2) is 14.8 Å². The van der Waals surface area contributed by atoms with Gasteiger partial charge in [-0.15, -0.1) is 5.10 Å². The molecule has 20 heavy (non-hydrogen) atoms. The second-order valence-electron chi connectivity index (χ2n) is 4.28. The van der Waals surface area contributed by atoms with Crippen LogP contribution in [0.2, 0.25) is 0 Å². The average Bonchev–Trinajstić information content (AvgIpc) is 2.89. The maximum Gasteiger partial charge on any atom is 0.284 e. The zero-order valence-electron chi connectivity index (χ0n) is 10.7. The van der Waals surface area contributed by atoms with E-state index in [2.05, 4.69) is 10.2 Å². The van der Waals surface area contributed by atoms with Gasteiger partial charge in [0.1, 0.15) is 5.56 Å². The Balaban J connectivity index is 2.18. The molecule has 0 atom stereocenters. The Kier molecular flexibility index (Phi) is 3.08. The van der Waals surface area contributed by atoms with Crippen LogP contribution in [0, 0.1) is 4.84 Å². The predicted molar refractivity (Wildman–Crippen MR) is 77.8 cm³/mol. The fourth-order valence-electron chi connectivity index (χ4n) is 2.04. The van der Waals surface area contributed by atoms with Crippen LogP contribution in [-0.2, 0) is 7.05 Å². The van der Waals surface area contributed by atoms with E-state index in [4.69, 9.17) is 16.6 Å². The van der Waals surface area contributed by atoms with Gasteiger partial charge in [0, 0.05) is 7.05 Å². The Morgan fingerprint density at radius 1 is 1.20 bits per heavy atom. The zero-order valence-corrected chi connectivity index (χ0v) is 11.5. The highest BCUT2D eigenvalue weighted by atomic mass is 32.1. The van der Waals surface area contributed by atoms with Gasteiger partial charge < -0.3 is 8.98 Å². The van der Waals surface area contributed by atoms with Gasteiger partial charge in [-0.05, 0) is 29.9 Å². The van der Waals surface area contributed by atoms with Crippen molar-refractivity contribution in [2.75, 3.05) is 0 Å². The molecule has 2 heterocycles. The van der Waals surface area contributed by atoms with Gasteiger partial charge in [-0.3, -0.25) is 4.79 Å². The first-order chi connectivity index (χ1) is 9.66. The summed E-state index contributed by atoms with van der Waals surface area (Å²) in [7, 11) is 1.72. The average molecular weight is 285 g/mol. The molecular formula is C14H11N3O2S. The van der Waals surface area contributed by atoms with Gasteiger partial charge in [0.05, 0.1) is 5.69 Å². The monoisotopic (exact) mass is 285 g/mol. The Labute approximate surface area is 119 Å². The van der Waals surface area contributed by atoms with Crippen LogP contribution in [0.25, 0.3) is 22.7 Å². The van der Waals surface area contributed by atoms with Crippen LogP contribution >= 0.6 is 12.2 Å². The highest BCUT2D eigenvalue weighted by Crippen LogP contribution is 2.20. The predicted octanol–water partition coefficient (Wildman–Crippen LogP) is 2.76. The summed E-state index contributed by atoms with van der Waals surface area (Å²) in [6.45, 7) is 0. The van der Waals surface area contributed by atoms with E-state index in [1.165, 1.54) is 0 Å². The lowest BCUT2D eigenvalue weighted by Gasteiger charge is -2.09. The summed E-state index contributed by atoms with van der Waals surface area (Å²) < 4.78 is 6.75. The smallest absolute Gasteiger partial charge is 0.284 e. The molecule has 3 aromatic rings. The topological polar surface area (TPSA) is 63.8 Å². The molecule has 2 aromatic heterocycles. The van der Waals surface area contributed by atoms with Crippen molar-refractivity contribution in [3.05, 3.63) is 57.7 Å². The number of hydrogen-bond acceptors (Lipinski definition) is 4. The number of rotatable bonds is 2. The molecule has 0 aliphatic carbocycles. The molecular weight excluding hydrogens is 274 g/mol. The Morgan fingerprint density at radius 3 is 2.60 bits per heavy atom. The Morgan fingerprint density at radius 2 is 1.95 bits per heavy atom. The van der Waals surface area contributed by atoms with Crippen molar-refractivity contribution in [3.8, 4) is 22.7 Å². The van der Waals surface area contributed by atoms with Crippen molar-refractivity contribution in [2.45, 2.75) is 0 Å². The summed E-state index contributed by atoms with van der Waals surface area (Å²) in [5.74, 6) is 0.204. The van der Waals surface area contributed by atoms with Crippen LogP contribution in [0.5, 0.6) is 0 Å². The standard InChI is InChI=1S/C14H11N3O2S/c1-17-11(9-5-3-2-4-6-9)8-7-10(13(17)18)12-15-16-14(20)19-12/h2-8H,1H3,(H,16,20). The molecule has 0 radical (unpaired) electrons. The number of H-pyrrole nitrogens is 1. The van der Waals surface area contributed by atoms with E-state index >= 15 is 0 Å². The van der Waals surface area contributed by atoms with E-state index < -0.39 is 0 Å². The van der Waals surface area contributed by atoms with Gasteiger partial charge in [0.25, 0.3) is 16.3 Å². The zero-order chi connectivity index (χ0) is 14.1. The van der Waals surface area contributed by atoms with Crippen molar-refractivity contribution in [1.82, 2.24) is 14.8 Å². The number of pyridine rings is 1. The fourth-order valence-corrected chi connectivity index (χ4v) is 2.17. The summed E-state index contributed by atoms with van der Waals surface area (Å²) in [5.41, 5.74) is 1.99. The maximum absolute atomic E-state index is 12.4. The number of aromatic nitrogens is 3. The second-order valence-corrected chi connectivity index (χ2v) is 4.65. The van der Waals surface area contributed by atoms with E-state index in [0.717, 1.165) is 11.3 Å². The minimum Gasteiger partial charge on any atom is -0.409 e. The first kappa shape index (κ1) is 12.6. The molecule has 0 amide bonds. The molecule has 0 unspecified atom stereocenters. The number of benzene rings is 1. The Hall–Kier alpha value is -2.47. The van der Waals surface area contributed by atoms with Crippen molar-refractivity contribution in [3.63, 3.8) is 0 Å². The normalized spacial score (nSPS) is 10.7. The molecule has 0 saturated heterocycles. The van der Waals surface area contributed by atoms with E-state index in [1.54, 1.807) is 17.7 Å². The summed E-state index contributed by atoms with van der Waals surface area (Å²) in [6.07, 6.45) is 0. The molecule has 0 aliphatic rings. The molecule has 0 spiro atoms.